The Balaban J connectivity index is 1.68. The predicted molar refractivity (Wildman–Crippen MR) is 105 cm³/mol. The maximum atomic E-state index is 11.5. The average molecular weight is 450 g/mol. The van der Waals surface area contributed by atoms with E-state index >= 15 is 0 Å². The van der Waals surface area contributed by atoms with Gasteiger partial charge in [0.1, 0.15) is 30.5 Å². The molecule has 0 bridgehead atoms. The van der Waals surface area contributed by atoms with Gasteiger partial charge < -0.3 is 50.3 Å². The Morgan fingerprint density at radius 3 is 2.00 bits per heavy atom. The number of hydrogen-bond donors (Lipinski definition) is 8. The Kier molecular flexibility index (Phi) is 9.49. The summed E-state index contributed by atoms with van der Waals surface area (Å²) in [6.07, 6.45) is -2.30. The standard InChI is InChI=1S/C20H34O11/c21-9-12-15(25)16(26)14(24)11(30-12)7-5-3-1-2-4-6-8-20(13(23)10-22)18(28)17(27)19(29)31-20/h11-16,21-28H,1-10H2/t11?,12-,13+,14+,15-,16-,20-/m1/s1. The molecule has 0 radical (unpaired) electrons. The van der Waals surface area contributed by atoms with Crippen molar-refractivity contribution < 1.29 is 55.1 Å². The van der Waals surface area contributed by atoms with Crippen LogP contribution in [0.25, 0.3) is 0 Å². The van der Waals surface area contributed by atoms with Crippen molar-refractivity contribution in [1.29, 1.82) is 0 Å². The van der Waals surface area contributed by atoms with Crippen molar-refractivity contribution >= 4 is 5.97 Å². The Morgan fingerprint density at radius 2 is 1.45 bits per heavy atom. The van der Waals surface area contributed by atoms with Crippen LogP contribution in [0.1, 0.15) is 51.4 Å². The monoisotopic (exact) mass is 450 g/mol. The maximum Gasteiger partial charge on any atom is 0.378 e. The van der Waals surface area contributed by atoms with Crippen LogP contribution in [0, 0.1) is 0 Å². The van der Waals surface area contributed by atoms with E-state index < -0.39 is 72.9 Å². The molecule has 11 heteroatoms. The van der Waals surface area contributed by atoms with Gasteiger partial charge in [0, 0.05) is 0 Å². The fourth-order valence-electron chi connectivity index (χ4n) is 4.13. The fraction of sp³-hybridized carbons (Fsp3) is 0.850. The third-order valence-corrected chi connectivity index (χ3v) is 6.08. The smallest absolute Gasteiger partial charge is 0.378 e. The van der Waals surface area contributed by atoms with Gasteiger partial charge in [-0.3, -0.25) is 0 Å². The molecule has 0 aliphatic carbocycles. The fourth-order valence-corrected chi connectivity index (χ4v) is 4.13. The molecular weight excluding hydrogens is 416 g/mol. The Bertz CT molecular complexity index is 622. The first-order valence-corrected chi connectivity index (χ1v) is 10.6. The molecule has 7 atom stereocenters. The van der Waals surface area contributed by atoms with Gasteiger partial charge in [0.2, 0.25) is 11.4 Å². The van der Waals surface area contributed by atoms with Crippen molar-refractivity contribution in [2.24, 2.45) is 0 Å². The summed E-state index contributed by atoms with van der Waals surface area (Å²) >= 11 is 0. The van der Waals surface area contributed by atoms with E-state index in [1.807, 2.05) is 0 Å². The first kappa shape index (κ1) is 25.8. The van der Waals surface area contributed by atoms with E-state index in [0.29, 0.717) is 25.7 Å². The number of carbonyl (C=O) groups is 1. The van der Waals surface area contributed by atoms with Gasteiger partial charge >= 0.3 is 5.97 Å². The van der Waals surface area contributed by atoms with Gasteiger partial charge in [0.05, 0.1) is 19.3 Å². The molecule has 1 saturated heterocycles. The molecule has 2 heterocycles. The number of esters is 1. The minimum Gasteiger partial charge on any atom is -0.505 e. The minimum absolute atomic E-state index is 0.0429. The summed E-state index contributed by atoms with van der Waals surface area (Å²) in [7, 11) is 0. The zero-order valence-corrected chi connectivity index (χ0v) is 17.3. The van der Waals surface area contributed by atoms with Crippen LogP contribution in [-0.2, 0) is 14.3 Å². The lowest BCUT2D eigenvalue weighted by Crippen LogP contribution is -2.58. The molecule has 0 aromatic rings. The second-order valence-electron chi connectivity index (χ2n) is 8.20. The van der Waals surface area contributed by atoms with Gasteiger partial charge in [-0.1, -0.05) is 32.1 Å². The second kappa shape index (κ2) is 11.4. The third-order valence-electron chi connectivity index (χ3n) is 6.08. The van der Waals surface area contributed by atoms with Gasteiger partial charge in [0.15, 0.2) is 5.76 Å². The lowest BCUT2D eigenvalue weighted by molar-refractivity contribution is -0.230. The number of ether oxygens (including phenoxy) is 2. The summed E-state index contributed by atoms with van der Waals surface area (Å²) in [6.45, 7) is -1.20. The summed E-state index contributed by atoms with van der Waals surface area (Å²) in [5.41, 5.74) is -1.83. The molecule has 0 aromatic heterocycles. The van der Waals surface area contributed by atoms with E-state index in [0.717, 1.165) is 19.3 Å². The third kappa shape index (κ3) is 5.67. The highest BCUT2D eigenvalue weighted by atomic mass is 16.6. The predicted octanol–water partition coefficient (Wildman–Crippen LogP) is -1.07. The Labute approximate surface area is 180 Å². The zero-order valence-electron chi connectivity index (χ0n) is 17.3. The van der Waals surface area contributed by atoms with Crippen LogP contribution in [0.3, 0.4) is 0 Å². The van der Waals surface area contributed by atoms with Crippen LogP contribution in [0.4, 0.5) is 0 Å². The molecule has 1 unspecified atom stereocenters. The molecule has 0 spiro atoms. The van der Waals surface area contributed by atoms with Crippen LogP contribution >= 0.6 is 0 Å². The van der Waals surface area contributed by atoms with E-state index in [-0.39, 0.29) is 6.42 Å². The SMILES string of the molecule is O=C1O[C@](CCCCCCCCC2O[C@H](CO)[C@@H](O)[C@H](O)[C@H]2O)([C@@H](O)CO)C(O)=C1O. The van der Waals surface area contributed by atoms with Crippen molar-refractivity contribution in [3.63, 3.8) is 0 Å². The van der Waals surface area contributed by atoms with Gasteiger partial charge in [-0.25, -0.2) is 4.79 Å². The quantitative estimate of drug-likeness (QED) is 0.133. The number of unbranched alkanes of at least 4 members (excludes halogenated alkanes) is 5. The molecule has 1 fully saturated rings. The molecule has 180 valence electrons. The highest BCUT2D eigenvalue weighted by Gasteiger charge is 2.53. The van der Waals surface area contributed by atoms with Crippen molar-refractivity contribution in [3.05, 3.63) is 11.5 Å². The number of aliphatic hydroxyl groups excluding tert-OH is 8. The van der Waals surface area contributed by atoms with Gasteiger partial charge in [-0.05, 0) is 19.3 Å². The highest BCUT2D eigenvalue weighted by Crippen LogP contribution is 2.37. The van der Waals surface area contributed by atoms with E-state index in [4.69, 9.17) is 9.47 Å². The largest absolute Gasteiger partial charge is 0.505 e. The molecule has 8 N–H and O–H groups in total. The van der Waals surface area contributed by atoms with Crippen molar-refractivity contribution in [3.8, 4) is 0 Å². The number of aliphatic hydroxyl groups is 8. The molecule has 31 heavy (non-hydrogen) atoms. The lowest BCUT2D eigenvalue weighted by Gasteiger charge is -2.40. The van der Waals surface area contributed by atoms with E-state index in [1.165, 1.54) is 0 Å². The number of rotatable bonds is 12. The highest BCUT2D eigenvalue weighted by molar-refractivity contribution is 5.90. The van der Waals surface area contributed by atoms with E-state index in [1.54, 1.807) is 0 Å². The Hall–Kier alpha value is -1.47. The maximum absolute atomic E-state index is 11.5. The van der Waals surface area contributed by atoms with Gasteiger partial charge in [-0.2, -0.15) is 0 Å². The first-order valence-electron chi connectivity index (χ1n) is 10.6. The molecule has 2 aliphatic rings. The van der Waals surface area contributed by atoms with Crippen LogP contribution in [-0.4, -0.2) is 102 Å². The van der Waals surface area contributed by atoms with E-state index in [2.05, 4.69) is 0 Å². The van der Waals surface area contributed by atoms with Crippen LogP contribution in [0.2, 0.25) is 0 Å². The summed E-state index contributed by atoms with van der Waals surface area (Å²) in [6, 6.07) is 0. The molecule has 0 aromatic carbocycles. The molecule has 2 aliphatic heterocycles. The molecular formula is C20H34O11. The summed E-state index contributed by atoms with van der Waals surface area (Å²) in [5, 5.41) is 77.5. The summed E-state index contributed by atoms with van der Waals surface area (Å²) < 4.78 is 10.4. The first-order chi connectivity index (χ1) is 14.7. The summed E-state index contributed by atoms with van der Waals surface area (Å²) in [4.78, 5) is 11.5. The molecule has 2 rings (SSSR count). The second-order valence-corrected chi connectivity index (χ2v) is 8.20. The summed E-state index contributed by atoms with van der Waals surface area (Å²) in [5.74, 6) is -2.86. The normalized spacial score (nSPS) is 34.8. The Morgan fingerprint density at radius 1 is 0.871 bits per heavy atom. The molecule has 11 nitrogen and oxygen atoms in total. The number of carbonyl (C=O) groups excluding carboxylic acids is 1. The number of hydrogen-bond acceptors (Lipinski definition) is 11. The van der Waals surface area contributed by atoms with Crippen molar-refractivity contribution in [2.45, 2.75) is 93.6 Å². The van der Waals surface area contributed by atoms with E-state index in [9.17, 15) is 45.6 Å². The molecule has 0 saturated carbocycles. The zero-order chi connectivity index (χ0) is 23.2. The average Bonchev–Trinajstić information content (AvgIpc) is 2.99. The van der Waals surface area contributed by atoms with Crippen LogP contribution in [0.5, 0.6) is 0 Å². The van der Waals surface area contributed by atoms with Crippen LogP contribution in [0.15, 0.2) is 11.5 Å². The minimum atomic E-state index is -1.83. The van der Waals surface area contributed by atoms with Crippen molar-refractivity contribution in [1.82, 2.24) is 0 Å². The van der Waals surface area contributed by atoms with Gasteiger partial charge in [-0.15, -0.1) is 0 Å². The lowest BCUT2D eigenvalue weighted by atomic mass is 9.88. The van der Waals surface area contributed by atoms with Crippen molar-refractivity contribution in [2.75, 3.05) is 13.2 Å². The topological polar surface area (TPSA) is 197 Å². The van der Waals surface area contributed by atoms with Crippen LogP contribution < -0.4 is 0 Å². The molecule has 0 amide bonds. The van der Waals surface area contributed by atoms with Gasteiger partial charge in [0.25, 0.3) is 0 Å². The number of cyclic esters (lactones) is 1.